The second-order valence-electron chi connectivity index (χ2n) is 2.83. The summed E-state index contributed by atoms with van der Waals surface area (Å²) in [6.45, 7) is 0. The summed E-state index contributed by atoms with van der Waals surface area (Å²) in [5.74, 6) is 0.0932. The molecule has 0 aromatic heterocycles. The Morgan fingerprint density at radius 1 is 1.38 bits per heavy atom. The molecule has 0 atom stereocenters. The highest BCUT2D eigenvalue weighted by Crippen LogP contribution is 2.25. The first-order valence-corrected chi connectivity index (χ1v) is 5.48. The van der Waals surface area contributed by atoms with E-state index in [1.807, 2.05) is 0 Å². The molecule has 0 saturated heterocycles. The fourth-order valence-electron chi connectivity index (χ4n) is 0.923. The van der Waals surface area contributed by atoms with Crippen molar-refractivity contribution in [2.75, 3.05) is 12.4 Å². The number of hydrogen-bond donors (Lipinski definition) is 4. The third-order valence-electron chi connectivity index (χ3n) is 1.67. The molecule has 0 heterocycles. The van der Waals surface area contributed by atoms with Crippen molar-refractivity contribution in [1.29, 1.82) is 5.41 Å². The van der Waals surface area contributed by atoms with E-state index in [1.165, 1.54) is 0 Å². The number of guanidine groups is 1. The first-order chi connectivity index (χ1) is 7.52. The first kappa shape index (κ1) is 13.0. The quantitative estimate of drug-likeness (QED) is 0.362. The molecule has 4 nitrogen and oxygen atoms in total. The van der Waals surface area contributed by atoms with E-state index in [2.05, 4.69) is 16.0 Å². The van der Waals surface area contributed by atoms with Gasteiger partial charge < -0.3 is 16.0 Å². The Hall–Kier alpha value is -1.04. The van der Waals surface area contributed by atoms with Gasteiger partial charge in [-0.15, -0.1) is 0 Å². The van der Waals surface area contributed by atoms with Crippen molar-refractivity contribution < 1.29 is 0 Å². The number of nitrogens with one attached hydrogen (secondary N) is 4. The lowest BCUT2D eigenvalue weighted by Crippen LogP contribution is -2.40. The van der Waals surface area contributed by atoms with Crippen molar-refractivity contribution in [1.82, 2.24) is 10.6 Å². The third kappa shape index (κ3) is 3.84. The van der Waals surface area contributed by atoms with Crippen LogP contribution in [-0.2, 0) is 0 Å². The molecule has 16 heavy (non-hydrogen) atoms. The molecule has 0 bridgehead atoms. The van der Waals surface area contributed by atoms with E-state index in [4.69, 9.17) is 40.8 Å². The van der Waals surface area contributed by atoms with Crippen LogP contribution in [0.15, 0.2) is 18.2 Å². The molecule has 0 unspecified atom stereocenters. The van der Waals surface area contributed by atoms with Crippen molar-refractivity contribution in [2.45, 2.75) is 0 Å². The summed E-state index contributed by atoms with van der Waals surface area (Å²) in [4.78, 5) is 0. The van der Waals surface area contributed by atoms with Crippen molar-refractivity contribution in [3.63, 3.8) is 0 Å². The average Bonchev–Trinajstić information content (AvgIpc) is 2.23. The molecule has 0 fully saturated rings. The van der Waals surface area contributed by atoms with E-state index in [0.717, 1.165) is 0 Å². The maximum Gasteiger partial charge on any atom is 0.194 e. The second-order valence-corrected chi connectivity index (χ2v) is 4.08. The van der Waals surface area contributed by atoms with E-state index < -0.39 is 0 Å². The highest BCUT2D eigenvalue weighted by molar-refractivity contribution is 7.80. The van der Waals surface area contributed by atoms with Crippen LogP contribution in [0.3, 0.4) is 0 Å². The number of thiocarbonyl (C=S) groups is 1. The summed E-state index contributed by atoms with van der Waals surface area (Å²) < 4.78 is 0. The molecule has 86 valence electrons. The van der Waals surface area contributed by atoms with Crippen LogP contribution >= 0.6 is 35.4 Å². The molecular weight excluding hydrogens is 267 g/mol. The summed E-state index contributed by atoms with van der Waals surface area (Å²) in [6.07, 6.45) is 0. The fraction of sp³-hybridized carbons (Fsp3) is 0.111. The number of benzene rings is 1. The van der Waals surface area contributed by atoms with Gasteiger partial charge in [-0.1, -0.05) is 23.2 Å². The predicted molar refractivity (Wildman–Crippen MR) is 72.6 cm³/mol. The highest BCUT2D eigenvalue weighted by Gasteiger charge is 2.04. The lowest BCUT2D eigenvalue weighted by atomic mass is 10.3. The number of hydrogen-bond acceptors (Lipinski definition) is 2. The molecule has 0 aliphatic rings. The van der Waals surface area contributed by atoms with Crippen molar-refractivity contribution in [2.24, 2.45) is 0 Å². The van der Waals surface area contributed by atoms with E-state index in [1.54, 1.807) is 25.2 Å². The van der Waals surface area contributed by atoms with Crippen LogP contribution in [0, 0.1) is 5.41 Å². The van der Waals surface area contributed by atoms with Gasteiger partial charge in [0.25, 0.3) is 0 Å². The average molecular weight is 277 g/mol. The topological polar surface area (TPSA) is 59.9 Å². The van der Waals surface area contributed by atoms with Gasteiger partial charge in [0, 0.05) is 12.1 Å². The number of anilines is 1. The van der Waals surface area contributed by atoms with Crippen molar-refractivity contribution in [3.05, 3.63) is 28.2 Å². The van der Waals surface area contributed by atoms with Gasteiger partial charge in [0.05, 0.1) is 10.7 Å². The highest BCUT2D eigenvalue weighted by atomic mass is 35.5. The standard InChI is InChI=1S/C9H10Cl2N4S/c1-13-8(12)15-9(16)14-7-4-5(10)2-3-6(7)11/h2-4H,1H3,(H4,12,13,14,15,16). The molecule has 0 spiro atoms. The van der Waals surface area contributed by atoms with E-state index >= 15 is 0 Å². The fourth-order valence-corrected chi connectivity index (χ4v) is 1.47. The summed E-state index contributed by atoms with van der Waals surface area (Å²) in [6, 6.07) is 5.00. The van der Waals surface area contributed by atoms with Crippen LogP contribution in [0.2, 0.25) is 10.0 Å². The Balaban J connectivity index is 2.69. The molecule has 1 rings (SSSR count). The van der Waals surface area contributed by atoms with Crippen molar-refractivity contribution >= 4 is 52.2 Å². The first-order valence-electron chi connectivity index (χ1n) is 4.32. The Kier molecular flexibility index (Phi) is 4.79. The molecule has 0 aliphatic carbocycles. The van der Waals surface area contributed by atoms with Crippen LogP contribution in [0.25, 0.3) is 0 Å². The van der Waals surface area contributed by atoms with Gasteiger partial charge in [0.1, 0.15) is 0 Å². The van der Waals surface area contributed by atoms with Crippen LogP contribution in [0.5, 0.6) is 0 Å². The predicted octanol–water partition coefficient (Wildman–Crippen LogP) is 2.43. The molecular formula is C9H10Cl2N4S. The Labute approximate surface area is 109 Å². The maximum absolute atomic E-state index is 7.32. The zero-order valence-electron chi connectivity index (χ0n) is 8.40. The van der Waals surface area contributed by atoms with Gasteiger partial charge in [-0.3, -0.25) is 5.41 Å². The normalized spacial score (nSPS) is 9.44. The van der Waals surface area contributed by atoms with Crippen LogP contribution in [-0.4, -0.2) is 18.1 Å². The lowest BCUT2D eigenvalue weighted by molar-refractivity contribution is 1.07. The molecule has 1 aromatic rings. The summed E-state index contributed by atoms with van der Waals surface area (Å²) in [5.41, 5.74) is 0.593. The largest absolute Gasteiger partial charge is 0.359 e. The Morgan fingerprint density at radius 2 is 2.06 bits per heavy atom. The zero-order chi connectivity index (χ0) is 12.1. The van der Waals surface area contributed by atoms with Crippen LogP contribution < -0.4 is 16.0 Å². The molecule has 0 saturated carbocycles. The molecule has 0 aliphatic heterocycles. The third-order valence-corrected chi connectivity index (χ3v) is 2.43. The lowest BCUT2D eigenvalue weighted by Gasteiger charge is -2.12. The van der Waals surface area contributed by atoms with Crippen molar-refractivity contribution in [3.8, 4) is 0 Å². The van der Waals surface area contributed by atoms with Gasteiger partial charge in [-0.25, -0.2) is 0 Å². The van der Waals surface area contributed by atoms with Gasteiger partial charge in [0.2, 0.25) is 0 Å². The van der Waals surface area contributed by atoms with Crippen LogP contribution in [0.1, 0.15) is 0 Å². The molecule has 1 aromatic carbocycles. The van der Waals surface area contributed by atoms with Gasteiger partial charge in [0.15, 0.2) is 11.1 Å². The molecule has 4 N–H and O–H groups in total. The van der Waals surface area contributed by atoms with E-state index in [9.17, 15) is 0 Å². The number of rotatable bonds is 1. The minimum Gasteiger partial charge on any atom is -0.359 e. The van der Waals surface area contributed by atoms with E-state index in [0.29, 0.717) is 15.7 Å². The molecule has 0 radical (unpaired) electrons. The summed E-state index contributed by atoms with van der Waals surface area (Å²) in [7, 11) is 1.62. The molecule has 7 heteroatoms. The van der Waals surface area contributed by atoms with E-state index in [-0.39, 0.29) is 11.1 Å². The SMILES string of the molecule is CNC(=N)NC(=S)Nc1cc(Cl)ccc1Cl. The monoisotopic (exact) mass is 276 g/mol. The molecule has 0 amide bonds. The van der Waals surface area contributed by atoms with Gasteiger partial charge >= 0.3 is 0 Å². The smallest absolute Gasteiger partial charge is 0.194 e. The van der Waals surface area contributed by atoms with Gasteiger partial charge in [-0.05, 0) is 30.4 Å². The Bertz CT molecular complexity index is 422. The summed E-state index contributed by atoms with van der Waals surface area (Å²) in [5, 5.41) is 16.7. The Morgan fingerprint density at radius 3 is 2.69 bits per heavy atom. The maximum atomic E-state index is 7.32. The minimum atomic E-state index is 0.0932. The zero-order valence-corrected chi connectivity index (χ0v) is 10.7. The van der Waals surface area contributed by atoms with Crippen LogP contribution in [0.4, 0.5) is 5.69 Å². The minimum absolute atomic E-state index is 0.0932. The second kappa shape index (κ2) is 5.89. The number of halogens is 2. The van der Waals surface area contributed by atoms with Gasteiger partial charge in [-0.2, -0.15) is 0 Å². The summed E-state index contributed by atoms with van der Waals surface area (Å²) >= 11 is 16.7.